The Hall–Kier alpha value is -0.830. The number of methoxy groups -OCH3 is 1. The number of halogens is 1. The van der Waals surface area contributed by atoms with Gasteiger partial charge < -0.3 is 4.74 Å². The molecule has 80 valence electrons. The van der Waals surface area contributed by atoms with Crippen LogP contribution in [0.2, 0.25) is 0 Å². The molecule has 0 spiro atoms. The molecular formula is C12H13BrO2. The molecule has 1 atom stereocenters. The number of carbonyl (C=O) groups excluding carboxylic acids is 1. The van der Waals surface area contributed by atoms with Crippen molar-refractivity contribution in [2.75, 3.05) is 7.11 Å². The Bertz CT molecular complexity index is 372. The zero-order valence-electron chi connectivity index (χ0n) is 8.57. The van der Waals surface area contributed by atoms with Gasteiger partial charge in [-0.05, 0) is 30.4 Å². The first-order chi connectivity index (χ1) is 7.24. The normalized spacial score (nSPS) is 17.2. The van der Waals surface area contributed by atoms with Gasteiger partial charge in [-0.2, -0.15) is 0 Å². The maximum absolute atomic E-state index is 11.7. The van der Waals surface area contributed by atoms with Gasteiger partial charge in [0.05, 0.1) is 13.0 Å². The summed E-state index contributed by atoms with van der Waals surface area (Å²) in [6, 6.07) is 7.87. The standard InChI is InChI=1S/C12H13BrO2/c1-15-12(14)11(8-6-7-8)9-4-2-3-5-10(9)13/h2-5,8,11H,6-7H2,1H3. The van der Waals surface area contributed by atoms with Crippen LogP contribution < -0.4 is 0 Å². The maximum Gasteiger partial charge on any atom is 0.313 e. The van der Waals surface area contributed by atoms with Crippen LogP contribution in [0, 0.1) is 5.92 Å². The Kier molecular flexibility index (Phi) is 3.10. The molecule has 1 aromatic rings. The van der Waals surface area contributed by atoms with E-state index in [2.05, 4.69) is 15.9 Å². The molecule has 1 saturated carbocycles. The highest BCUT2D eigenvalue weighted by atomic mass is 79.9. The first kappa shape index (κ1) is 10.7. The third-order valence-corrected chi connectivity index (χ3v) is 3.51. The number of hydrogen-bond acceptors (Lipinski definition) is 2. The molecule has 3 heteroatoms. The summed E-state index contributed by atoms with van der Waals surface area (Å²) in [6.07, 6.45) is 2.25. The van der Waals surface area contributed by atoms with Gasteiger partial charge in [-0.15, -0.1) is 0 Å². The van der Waals surface area contributed by atoms with E-state index in [1.54, 1.807) is 0 Å². The van der Waals surface area contributed by atoms with Gasteiger partial charge in [0.2, 0.25) is 0 Å². The van der Waals surface area contributed by atoms with E-state index in [1.165, 1.54) is 7.11 Å². The summed E-state index contributed by atoms with van der Waals surface area (Å²) in [5.41, 5.74) is 1.05. The molecule has 1 aromatic carbocycles. The number of ether oxygens (including phenoxy) is 1. The van der Waals surface area contributed by atoms with Crippen molar-refractivity contribution < 1.29 is 9.53 Å². The molecule has 15 heavy (non-hydrogen) atoms. The average Bonchev–Trinajstić information content (AvgIpc) is 3.05. The molecule has 0 N–H and O–H groups in total. The van der Waals surface area contributed by atoms with Crippen LogP contribution in [0.1, 0.15) is 24.3 Å². The van der Waals surface area contributed by atoms with Gasteiger partial charge in [0.25, 0.3) is 0 Å². The number of rotatable bonds is 3. The van der Waals surface area contributed by atoms with Crippen molar-refractivity contribution in [3.8, 4) is 0 Å². The summed E-state index contributed by atoms with van der Waals surface area (Å²) in [7, 11) is 1.45. The first-order valence-electron chi connectivity index (χ1n) is 5.06. The molecule has 0 bridgehead atoms. The van der Waals surface area contributed by atoms with Gasteiger partial charge in [0.1, 0.15) is 0 Å². The molecule has 2 rings (SSSR count). The summed E-state index contributed by atoms with van der Waals surface area (Å²) in [5, 5.41) is 0. The van der Waals surface area contributed by atoms with Crippen LogP contribution >= 0.6 is 15.9 Å². The lowest BCUT2D eigenvalue weighted by atomic mass is 9.94. The summed E-state index contributed by atoms with van der Waals surface area (Å²) in [4.78, 5) is 11.7. The summed E-state index contributed by atoms with van der Waals surface area (Å²) in [5.74, 6) is 0.256. The molecule has 2 nitrogen and oxygen atoms in total. The van der Waals surface area contributed by atoms with Crippen molar-refractivity contribution in [3.05, 3.63) is 34.3 Å². The van der Waals surface area contributed by atoms with E-state index in [-0.39, 0.29) is 11.9 Å². The number of esters is 1. The molecule has 0 radical (unpaired) electrons. The molecule has 0 saturated heterocycles. The van der Waals surface area contributed by atoms with Crippen LogP contribution in [0.25, 0.3) is 0 Å². The second-order valence-corrected chi connectivity index (χ2v) is 4.71. The topological polar surface area (TPSA) is 26.3 Å². The predicted molar refractivity (Wildman–Crippen MR) is 61.6 cm³/mol. The smallest absolute Gasteiger partial charge is 0.313 e. The van der Waals surface area contributed by atoms with E-state index >= 15 is 0 Å². The van der Waals surface area contributed by atoms with Crippen molar-refractivity contribution >= 4 is 21.9 Å². The minimum Gasteiger partial charge on any atom is -0.469 e. The van der Waals surface area contributed by atoms with Gasteiger partial charge in [0.15, 0.2) is 0 Å². The number of carbonyl (C=O) groups is 1. The third-order valence-electron chi connectivity index (χ3n) is 2.79. The van der Waals surface area contributed by atoms with Crippen LogP contribution in [-0.2, 0) is 9.53 Å². The van der Waals surface area contributed by atoms with E-state index in [9.17, 15) is 4.79 Å². The highest BCUT2D eigenvalue weighted by Crippen LogP contribution is 2.44. The fraction of sp³-hybridized carbons (Fsp3) is 0.417. The highest BCUT2D eigenvalue weighted by molar-refractivity contribution is 9.10. The third kappa shape index (κ3) is 2.23. The Morgan fingerprint density at radius 2 is 2.13 bits per heavy atom. The predicted octanol–water partition coefficient (Wildman–Crippen LogP) is 3.12. The number of benzene rings is 1. The van der Waals surface area contributed by atoms with Crippen LogP contribution in [0.4, 0.5) is 0 Å². The lowest BCUT2D eigenvalue weighted by Crippen LogP contribution is -2.16. The van der Waals surface area contributed by atoms with Gasteiger partial charge in [-0.1, -0.05) is 34.1 Å². The van der Waals surface area contributed by atoms with Crippen molar-refractivity contribution in [1.29, 1.82) is 0 Å². The number of hydrogen-bond donors (Lipinski definition) is 0. The minimum atomic E-state index is -0.121. The Morgan fingerprint density at radius 1 is 1.47 bits per heavy atom. The fourth-order valence-corrected chi connectivity index (χ4v) is 2.39. The van der Waals surface area contributed by atoms with E-state index in [1.807, 2.05) is 24.3 Å². The summed E-state index contributed by atoms with van der Waals surface area (Å²) >= 11 is 3.48. The second-order valence-electron chi connectivity index (χ2n) is 3.86. The average molecular weight is 269 g/mol. The molecule has 0 heterocycles. The summed E-state index contributed by atoms with van der Waals surface area (Å²) < 4.78 is 5.86. The van der Waals surface area contributed by atoms with E-state index in [0.717, 1.165) is 22.9 Å². The minimum absolute atomic E-state index is 0.0921. The zero-order valence-corrected chi connectivity index (χ0v) is 10.2. The lowest BCUT2D eigenvalue weighted by molar-refractivity contribution is -0.143. The largest absolute Gasteiger partial charge is 0.469 e. The van der Waals surface area contributed by atoms with Crippen LogP contribution in [0.5, 0.6) is 0 Å². The fourth-order valence-electron chi connectivity index (χ4n) is 1.86. The van der Waals surface area contributed by atoms with Crippen LogP contribution in [0.3, 0.4) is 0 Å². The van der Waals surface area contributed by atoms with Gasteiger partial charge >= 0.3 is 5.97 Å². The Morgan fingerprint density at radius 3 is 2.67 bits per heavy atom. The van der Waals surface area contributed by atoms with Crippen molar-refractivity contribution in [2.45, 2.75) is 18.8 Å². The molecule has 1 aliphatic rings. The van der Waals surface area contributed by atoms with E-state index in [4.69, 9.17) is 4.74 Å². The quantitative estimate of drug-likeness (QED) is 0.788. The van der Waals surface area contributed by atoms with E-state index < -0.39 is 0 Å². The molecule has 0 aliphatic heterocycles. The zero-order chi connectivity index (χ0) is 10.8. The second kappa shape index (κ2) is 4.35. The Labute approximate surface area is 97.8 Å². The van der Waals surface area contributed by atoms with Gasteiger partial charge in [-0.25, -0.2) is 0 Å². The van der Waals surface area contributed by atoms with Crippen LogP contribution in [0.15, 0.2) is 28.7 Å². The molecule has 0 amide bonds. The van der Waals surface area contributed by atoms with Gasteiger partial charge in [-0.3, -0.25) is 4.79 Å². The van der Waals surface area contributed by atoms with Crippen molar-refractivity contribution in [2.24, 2.45) is 5.92 Å². The lowest BCUT2D eigenvalue weighted by Gasteiger charge is -2.15. The van der Waals surface area contributed by atoms with E-state index in [0.29, 0.717) is 5.92 Å². The Balaban J connectivity index is 2.32. The summed E-state index contributed by atoms with van der Waals surface area (Å²) in [6.45, 7) is 0. The molecule has 1 unspecified atom stereocenters. The maximum atomic E-state index is 11.7. The van der Waals surface area contributed by atoms with Crippen molar-refractivity contribution in [3.63, 3.8) is 0 Å². The highest BCUT2D eigenvalue weighted by Gasteiger charge is 2.38. The van der Waals surface area contributed by atoms with Gasteiger partial charge in [0, 0.05) is 4.47 Å². The first-order valence-corrected chi connectivity index (χ1v) is 5.85. The SMILES string of the molecule is COC(=O)C(c1ccccc1Br)C1CC1. The van der Waals surface area contributed by atoms with Crippen molar-refractivity contribution in [1.82, 2.24) is 0 Å². The molecule has 1 fully saturated rings. The monoisotopic (exact) mass is 268 g/mol. The molecule has 1 aliphatic carbocycles. The van der Waals surface area contributed by atoms with Crippen LogP contribution in [-0.4, -0.2) is 13.1 Å². The molecule has 0 aromatic heterocycles. The molecular weight excluding hydrogens is 256 g/mol.